The fourth-order valence-corrected chi connectivity index (χ4v) is 2.16. The molecule has 0 aliphatic rings. The molecule has 4 nitrogen and oxygen atoms in total. The lowest BCUT2D eigenvalue weighted by molar-refractivity contribution is -0.122. The molecule has 0 unspecified atom stereocenters. The van der Waals surface area contributed by atoms with Crippen LogP contribution in [0.25, 0.3) is 0 Å². The predicted molar refractivity (Wildman–Crippen MR) is 83.2 cm³/mol. The number of hydrogen-bond acceptors (Lipinski definition) is 3. The SMILES string of the molecule is CNC(=O)[C@@H](NCc1ccc(OC(F)F)cc1)c1ccccc1. The second-order valence-electron chi connectivity index (χ2n) is 4.86. The molecule has 0 aliphatic carbocycles. The molecule has 1 atom stereocenters. The van der Waals surface area contributed by atoms with Gasteiger partial charge in [0, 0.05) is 13.6 Å². The van der Waals surface area contributed by atoms with Crippen molar-refractivity contribution in [2.75, 3.05) is 7.05 Å². The second-order valence-corrected chi connectivity index (χ2v) is 4.86. The summed E-state index contributed by atoms with van der Waals surface area (Å²) in [7, 11) is 1.58. The van der Waals surface area contributed by atoms with Gasteiger partial charge in [-0.25, -0.2) is 0 Å². The number of alkyl halides is 2. The summed E-state index contributed by atoms with van der Waals surface area (Å²) in [6.45, 7) is -2.42. The molecule has 0 bridgehead atoms. The molecule has 23 heavy (non-hydrogen) atoms. The number of carbonyl (C=O) groups excluding carboxylic acids is 1. The monoisotopic (exact) mass is 320 g/mol. The quantitative estimate of drug-likeness (QED) is 0.825. The van der Waals surface area contributed by atoms with E-state index in [1.807, 2.05) is 30.3 Å². The van der Waals surface area contributed by atoms with Crippen molar-refractivity contribution < 1.29 is 18.3 Å². The zero-order chi connectivity index (χ0) is 16.7. The van der Waals surface area contributed by atoms with E-state index >= 15 is 0 Å². The molecule has 1 amide bonds. The smallest absolute Gasteiger partial charge is 0.387 e. The maximum atomic E-state index is 12.1. The van der Waals surface area contributed by atoms with E-state index in [-0.39, 0.29) is 11.7 Å². The molecule has 0 aromatic heterocycles. The van der Waals surface area contributed by atoms with Crippen molar-refractivity contribution in [3.8, 4) is 5.75 Å². The lowest BCUT2D eigenvalue weighted by atomic mass is 10.1. The number of rotatable bonds is 7. The van der Waals surface area contributed by atoms with Gasteiger partial charge in [0.25, 0.3) is 0 Å². The highest BCUT2D eigenvalue weighted by Gasteiger charge is 2.18. The van der Waals surface area contributed by atoms with Gasteiger partial charge in [0.15, 0.2) is 0 Å². The Labute approximate surface area is 133 Å². The van der Waals surface area contributed by atoms with Crippen LogP contribution in [0.2, 0.25) is 0 Å². The first kappa shape index (κ1) is 16.9. The van der Waals surface area contributed by atoms with Gasteiger partial charge in [-0.2, -0.15) is 8.78 Å². The predicted octanol–water partition coefficient (Wildman–Crippen LogP) is 2.86. The molecule has 0 aliphatic heterocycles. The van der Waals surface area contributed by atoms with Gasteiger partial charge in [0.05, 0.1) is 0 Å². The zero-order valence-electron chi connectivity index (χ0n) is 12.6. The molecule has 0 saturated carbocycles. The van der Waals surface area contributed by atoms with Crippen LogP contribution < -0.4 is 15.4 Å². The Hall–Kier alpha value is -2.47. The van der Waals surface area contributed by atoms with E-state index in [2.05, 4.69) is 15.4 Å². The third-order valence-electron chi connectivity index (χ3n) is 3.30. The first-order chi connectivity index (χ1) is 11.1. The van der Waals surface area contributed by atoms with Crippen molar-refractivity contribution in [2.45, 2.75) is 19.2 Å². The number of benzene rings is 2. The van der Waals surface area contributed by atoms with Gasteiger partial charge in [-0.15, -0.1) is 0 Å². The average molecular weight is 320 g/mol. The summed E-state index contributed by atoms with van der Waals surface area (Å²) < 4.78 is 28.5. The Morgan fingerprint density at radius 2 is 1.74 bits per heavy atom. The minimum Gasteiger partial charge on any atom is -0.435 e. The lowest BCUT2D eigenvalue weighted by Gasteiger charge is -2.18. The normalized spacial score (nSPS) is 12.0. The van der Waals surface area contributed by atoms with Gasteiger partial charge in [-0.1, -0.05) is 42.5 Å². The van der Waals surface area contributed by atoms with Crippen molar-refractivity contribution >= 4 is 5.91 Å². The molecule has 0 radical (unpaired) electrons. The Morgan fingerprint density at radius 1 is 1.09 bits per heavy atom. The number of halogens is 2. The maximum Gasteiger partial charge on any atom is 0.387 e. The van der Waals surface area contributed by atoms with Gasteiger partial charge >= 0.3 is 6.61 Å². The van der Waals surface area contributed by atoms with E-state index in [9.17, 15) is 13.6 Å². The van der Waals surface area contributed by atoms with Gasteiger partial charge in [0.1, 0.15) is 11.8 Å². The molecule has 2 aromatic rings. The highest BCUT2D eigenvalue weighted by Crippen LogP contribution is 2.17. The number of amides is 1. The molecule has 0 spiro atoms. The van der Waals surface area contributed by atoms with E-state index in [1.165, 1.54) is 12.1 Å². The van der Waals surface area contributed by atoms with Gasteiger partial charge in [-0.3, -0.25) is 10.1 Å². The Bertz CT molecular complexity index is 618. The number of hydrogen-bond donors (Lipinski definition) is 2. The first-order valence-electron chi connectivity index (χ1n) is 7.14. The molecule has 0 fully saturated rings. The Morgan fingerprint density at radius 3 is 2.30 bits per heavy atom. The van der Waals surface area contributed by atoms with Crippen LogP contribution in [0.4, 0.5) is 8.78 Å². The Balaban J connectivity index is 2.02. The highest BCUT2D eigenvalue weighted by molar-refractivity contribution is 5.82. The van der Waals surface area contributed by atoms with Crippen LogP contribution in [-0.2, 0) is 11.3 Å². The highest BCUT2D eigenvalue weighted by atomic mass is 19.3. The molecule has 6 heteroatoms. The van der Waals surface area contributed by atoms with Crippen LogP contribution in [0.15, 0.2) is 54.6 Å². The van der Waals surface area contributed by atoms with Gasteiger partial charge < -0.3 is 10.1 Å². The van der Waals surface area contributed by atoms with Crippen molar-refractivity contribution in [1.82, 2.24) is 10.6 Å². The summed E-state index contributed by atoms with van der Waals surface area (Å²) >= 11 is 0. The topological polar surface area (TPSA) is 50.4 Å². The summed E-state index contributed by atoms with van der Waals surface area (Å²) in [5, 5.41) is 5.79. The van der Waals surface area contributed by atoms with Crippen LogP contribution >= 0.6 is 0 Å². The number of carbonyl (C=O) groups is 1. The molecule has 122 valence electrons. The molecular weight excluding hydrogens is 302 g/mol. The summed E-state index contributed by atoms with van der Waals surface area (Å²) in [6, 6.07) is 15.2. The molecule has 2 aromatic carbocycles. The number of likely N-dealkylation sites (N-methyl/N-ethyl adjacent to an activating group) is 1. The van der Waals surface area contributed by atoms with Crippen LogP contribution in [0.1, 0.15) is 17.2 Å². The van der Waals surface area contributed by atoms with E-state index in [0.717, 1.165) is 11.1 Å². The standard InChI is InChI=1S/C17H18F2N2O2/c1-20-16(22)15(13-5-3-2-4-6-13)21-11-12-7-9-14(10-8-12)23-17(18)19/h2-10,15,17,21H,11H2,1H3,(H,20,22)/t15-/m0/s1. The van der Waals surface area contributed by atoms with Crippen molar-refractivity contribution in [3.05, 3.63) is 65.7 Å². The van der Waals surface area contributed by atoms with E-state index in [0.29, 0.717) is 6.54 Å². The van der Waals surface area contributed by atoms with Crippen LogP contribution in [-0.4, -0.2) is 19.6 Å². The molecular formula is C17H18F2N2O2. The van der Waals surface area contributed by atoms with Crippen LogP contribution in [0, 0.1) is 0 Å². The summed E-state index contributed by atoms with van der Waals surface area (Å²) in [4.78, 5) is 12.0. The number of ether oxygens (including phenoxy) is 1. The van der Waals surface area contributed by atoms with E-state index in [4.69, 9.17) is 0 Å². The van der Waals surface area contributed by atoms with Crippen LogP contribution in [0.5, 0.6) is 5.75 Å². The minimum absolute atomic E-state index is 0.106. The molecule has 0 heterocycles. The van der Waals surface area contributed by atoms with Crippen LogP contribution in [0.3, 0.4) is 0 Å². The first-order valence-corrected chi connectivity index (χ1v) is 7.14. The summed E-state index contributed by atoms with van der Waals surface area (Å²) in [6.07, 6.45) is 0. The summed E-state index contributed by atoms with van der Waals surface area (Å²) in [5.74, 6) is -0.0384. The van der Waals surface area contributed by atoms with Gasteiger partial charge in [-0.05, 0) is 23.3 Å². The fraction of sp³-hybridized carbons (Fsp3) is 0.235. The largest absolute Gasteiger partial charge is 0.435 e. The lowest BCUT2D eigenvalue weighted by Crippen LogP contribution is -2.35. The van der Waals surface area contributed by atoms with E-state index in [1.54, 1.807) is 19.2 Å². The summed E-state index contributed by atoms with van der Waals surface area (Å²) in [5.41, 5.74) is 1.71. The van der Waals surface area contributed by atoms with Gasteiger partial charge in [0.2, 0.25) is 5.91 Å². The minimum atomic E-state index is -2.84. The number of nitrogens with one attached hydrogen (secondary N) is 2. The van der Waals surface area contributed by atoms with E-state index < -0.39 is 12.7 Å². The Kier molecular flexibility index (Phi) is 6.05. The molecule has 2 N–H and O–H groups in total. The molecule has 2 rings (SSSR count). The average Bonchev–Trinajstić information content (AvgIpc) is 2.56. The van der Waals surface area contributed by atoms with Crippen molar-refractivity contribution in [3.63, 3.8) is 0 Å². The van der Waals surface area contributed by atoms with Crippen molar-refractivity contribution in [1.29, 1.82) is 0 Å². The third kappa shape index (κ3) is 5.03. The zero-order valence-corrected chi connectivity index (χ0v) is 12.6. The second kappa shape index (κ2) is 8.24. The third-order valence-corrected chi connectivity index (χ3v) is 3.30. The van der Waals surface area contributed by atoms with Crippen molar-refractivity contribution in [2.24, 2.45) is 0 Å². The fourth-order valence-electron chi connectivity index (χ4n) is 2.16. The molecule has 0 saturated heterocycles. The maximum absolute atomic E-state index is 12.1.